The Bertz CT molecular complexity index is 580. The van der Waals surface area contributed by atoms with Crippen molar-refractivity contribution in [3.8, 4) is 0 Å². The molecule has 0 atom stereocenters. The third-order valence-corrected chi connectivity index (χ3v) is 3.09. The lowest BCUT2D eigenvalue weighted by Crippen LogP contribution is -2.24. The van der Waals surface area contributed by atoms with Gasteiger partial charge < -0.3 is 5.32 Å². The highest BCUT2D eigenvalue weighted by Gasteiger charge is 2.13. The number of hydrogen-bond acceptors (Lipinski definition) is 3. The standard InChI is InChI=1S/C13H15BrN4O/c1-8(2)11-16-12(18-17-11)13(19)15-7-9-4-3-5-10(14)6-9/h3-6,8H,7H2,1-2H3,(H,15,19)(H,16,17,18). The molecule has 0 aliphatic heterocycles. The monoisotopic (exact) mass is 322 g/mol. The molecule has 0 saturated carbocycles. The molecule has 100 valence electrons. The van der Waals surface area contributed by atoms with Crippen LogP contribution in [-0.2, 0) is 6.54 Å². The summed E-state index contributed by atoms with van der Waals surface area (Å²) < 4.78 is 0.985. The summed E-state index contributed by atoms with van der Waals surface area (Å²) in [6.45, 7) is 4.43. The van der Waals surface area contributed by atoms with Crippen molar-refractivity contribution >= 4 is 21.8 Å². The van der Waals surface area contributed by atoms with Gasteiger partial charge in [-0.3, -0.25) is 9.89 Å². The van der Waals surface area contributed by atoms with Crippen LogP contribution in [0, 0.1) is 0 Å². The molecule has 0 spiro atoms. The molecule has 0 saturated heterocycles. The first kappa shape index (κ1) is 13.7. The van der Waals surface area contributed by atoms with Crippen molar-refractivity contribution in [2.24, 2.45) is 0 Å². The fraction of sp³-hybridized carbons (Fsp3) is 0.308. The molecule has 2 N–H and O–H groups in total. The molecule has 0 radical (unpaired) electrons. The van der Waals surface area contributed by atoms with Gasteiger partial charge in [0.1, 0.15) is 5.82 Å². The highest BCUT2D eigenvalue weighted by Crippen LogP contribution is 2.11. The third-order valence-electron chi connectivity index (χ3n) is 2.59. The summed E-state index contributed by atoms with van der Waals surface area (Å²) in [5.41, 5.74) is 1.02. The number of carbonyl (C=O) groups excluding carboxylic acids is 1. The summed E-state index contributed by atoms with van der Waals surface area (Å²) in [5.74, 6) is 0.841. The quantitative estimate of drug-likeness (QED) is 0.909. The van der Waals surface area contributed by atoms with Crippen LogP contribution < -0.4 is 5.32 Å². The third kappa shape index (κ3) is 3.64. The summed E-state index contributed by atoms with van der Waals surface area (Å²) in [5, 5.41) is 9.46. The molecule has 1 aromatic carbocycles. The van der Waals surface area contributed by atoms with Gasteiger partial charge in [-0.2, -0.15) is 0 Å². The molecule has 0 unspecified atom stereocenters. The number of nitrogens with zero attached hydrogens (tertiary/aromatic N) is 2. The summed E-state index contributed by atoms with van der Waals surface area (Å²) >= 11 is 3.39. The molecule has 19 heavy (non-hydrogen) atoms. The van der Waals surface area contributed by atoms with Crippen molar-refractivity contribution in [2.75, 3.05) is 0 Å². The number of aromatic nitrogens is 3. The second-order valence-electron chi connectivity index (χ2n) is 4.51. The largest absolute Gasteiger partial charge is 0.345 e. The molecule has 1 amide bonds. The number of nitrogens with one attached hydrogen (secondary N) is 2. The molecular weight excluding hydrogens is 308 g/mol. The average molecular weight is 323 g/mol. The minimum Gasteiger partial charge on any atom is -0.345 e. The number of rotatable bonds is 4. The van der Waals surface area contributed by atoms with E-state index in [1.54, 1.807) is 0 Å². The molecule has 0 fully saturated rings. The Morgan fingerprint density at radius 1 is 1.47 bits per heavy atom. The number of benzene rings is 1. The summed E-state index contributed by atoms with van der Waals surface area (Å²) in [6, 6.07) is 7.77. The van der Waals surface area contributed by atoms with Gasteiger partial charge in [0.05, 0.1) is 0 Å². The van der Waals surface area contributed by atoms with E-state index < -0.39 is 0 Å². The molecule has 0 aliphatic carbocycles. The molecule has 0 bridgehead atoms. The van der Waals surface area contributed by atoms with Gasteiger partial charge in [0.2, 0.25) is 5.82 Å². The number of carbonyl (C=O) groups is 1. The maximum atomic E-state index is 11.9. The van der Waals surface area contributed by atoms with E-state index in [9.17, 15) is 4.79 Å². The van der Waals surface area contributed by atoms with Gasteiger partial charge in [-0.25, -0.2) is 4.98 Å². The van der Waals surface area contributed by atoms with Crippen LogP contribution in [0.2, 0.25) is 0 Å². The molecule has 5 nitrogen and oxygen atoms in total. The zero-order valence-electron chi connectivity index (χ0n) is 10.8. The fourth-order valence-corrected chi connectivity index (χ4v) is 1.99. The Balaban J connectivity index is 1.97. The van der Waals surface area contributed by atoms with Gasteiger partial charge in [0.15, 0.2) is 0 Å². The Morgan fingerprint density at radius 2 is 2.26 bits per heavy atom. The Hall–Kier alpha value is -1.69. The van der Waals surface area contributed by atoms with Crippen molar-refractivity contribution in [2.45, 2.75) is 26.3 Å². The van der Waals surface area contributed by atoms with Crippen molar-refractivity contribution in [3.63, 3.8) is 0 Å². The van der Waals surface area contributed by atoms with E-state index in [2.05, 4.69) is 36.4 Å². The van der Waals surface area contributed by atoms with E-state index >= 15 is 0 Å². The van der Waals surface area contributed by atoms with Crippen molar-refractivity contribution < 1.29 is 4.79 Å². The lowest BCUT2D eigenvalue weighted by Gasteiger charge is -2.03. The Labute approximate surface area is 120 Å². The maximum Gasteiger partial charge on any atom is 0.291 e. The van der Waals surface area contributed by atoms with Crippen LogP contribution in [0.25, 0.3) is 0 Å². The van der Waals surface area contributed by atoms with Crippen molar-refractivity contribution in [1.29, 1.82) is 0 Å². The first-order chi connectivity index (χ1) is 9.06. The zero-order valence-corrected chi connectivity index (χ0v) is 12.4. The zero-order chi connectivity index (χ0) is 13.8. The van der Waals surface area contributed by atoms with Gasteiger partial charge in [-0.15, -0.1) is 5.10 Å². The highest BCUT2D eigenvalue weighted by atomic mass is 79.9. The minimum absolute atomic E-state index is 0.179. The van der Waals surface area contributed by atoms with Gasteiger partial charge in [-0.05, 0) is 17.7 Å². The van der Waals surface area contributed by atoms with Crippen LogP contribution in [0.15, 0.2) is 28.7 Å². The normalized spacial score (nSPS) is 10.7. The molecule has 2 aromatic rings. The van der Waals surface area contributed by atoms with E-state index in [0.717, 1.165) is 10.0 Å². The number of H-pyrrole nitrogens is 1. The maximum absolute atomic E-state index is 11.9. The smallest absolute Gasteiger partial charge is 0.291 e. The number of hydrogen-bond donors (Lipinski definition) is 2. The lowest BCUT2D eigenvalue weighted by atomic mass is 10.2. The predicted molar refractivity (Wildman–Crippen MR) is 75.8 cm³/mol. The first-order valence-corrected chi connectivity index (χ1v) is 6.80. The van der Waals surface area contributed by atoms with Crippen LogP contribution in [0.1, 0.15) is 41.8 Å². The minimum atomic E-state index is -0.275. The number of amides is 1. The second-order valence-corrected chi connectivity index (χ2v) is 5.43. The fourth-order valence-electron chi connectivity index (χ4n) is 1.54. The van der Waals surface area contributed by atoms with Gasteiger partial charge in [-0.1, -0.05) is 41.9 Å². The van der Waals surface area contributed by atoms with Crippen LogP contribution in [-0.4, -0.2) is 21.1 Å². The lowest BCUT2D eigenvalue weighted by molar-refractivity contribution is 0.0941. The van der Waals surface area contributed by atoms with Crippen molar-refractivity contribution in [1.82, 2.24) is 20.5 Å². The van der Waals surface area contributed by atoms with E-state index in [-0.39, 0.29) is 17.6 Å². The predicted octanol–water partition coefficient (Wildman–Crippen LogP) is 2.62. The SMILES string of the molecule is CC(C)c1nc(C(=O)NCc2cccc(Br)c2)n[nH]1. The summed E-state index contributed by atoms with van der Waals surface area (Å²) in [6.07, 6.45) is 0. The molecule has 2 rings (SSSR count). The van der Waals surface area contributed by atoms with E-state index in [4.69, 9.17) is 0 Å². The topological polar surface area (TPSA) is 70.7 Å². The highest BCUT2D eigenvalue weighted by molar-refractivity contribution is 9.10. The van der Waals surface area contributed by atoms with Crippen LogP contribution in [0.5, 0.6) is 0 Å². The van der Waals surface area contributed by atoms with E-state index in [1.165, 1.54) is 0 Å². The first-order valence-electron chi connectivity index (χ1n) is 6.01. The Morgan fingerprint density at radius 3 is 2.89 bits per heavy atom. The van der Waals surface area contributed by atoms with Gasteiger partial charge in [0, 0.05) is 16.9 Å². The van der Waals surface area contributed by atoms with Crippen molar-refractivity contribution in [3.05, 3.63) is 46.0 Å². The van der Waals surface area contributed by atoms with Crippen LogP contribution in [0.3, 0.4) is 0 Å². The van der Waals surface area contributed by atoms with Crippen LogP contribution in [0.4, 0.5) is 0 Å². The molecule has 0 aliphatic rings. The molecule has 1 heterocycles. The van der Waals surface area contributed by atoms with Gasteiger partial charge >= 0.3 is 0 Å². The average Bonchev–Trinajstić information content (AvgIpc) is 2.86. The summed E-state index contributed by atoms with van der Waals surface area (Å²) in [4.78, 5) is 16.0. The second kappa shape index (κ2) is 5.97. The summed E-state index contributed by atoms with van der Waals surface area (Å²) in [7, 11) is 0. The van der Waals surface area contributed by atoms with E-state index in [0.29, 0.717) is 12.4 Å². The molecule has 1 aromatic heterocycles. The van der Waals surface area contributed by atoms with Gasteiger partial charge in [0.25, 0.3) is 5.91 Å². The van der Waals surface area contributed by atoms with E-state index in [1.807, 2.05) is 38.1 Å². The molecular formula is C13H15BrN4O. The number of halogens is 1. The van der Waals surface area contributed by atoms with Crippen LogP contribution >= 0.6 is 15.9 Å². The Kier molecular flexibility index (Phi) is 4.31. The molecule has 6 heteroatoms. The number of aromatic amines is 1.